The Morgan fingerprint density at radius 1 is 0.931 bits per heavy atom. The van der Waals surface area contributed by atoms with Crippen molar-refractivity contribution in [2.45, 2.75) is 13.3 Å². The van der Waals surface area contributed by atoms with Crippen molar-refractivity contribution < 1.29 is 4.79 Å². The minimum absolute atomic E-state index is 0.0697. The molecule has 0 atom stereocenters. The van der Waals surface area contributed by atoms with E-state index in [1.54, 1.807) is 24.3 Å². The molecule has 144 valence electrons. The van der Waals surface area contributed by atoms with E-state index in [0.717, 1.165) is 21.6 Å². The Kier molecular flexibility index (Phi) is 5.52. The van der Waals surface area contributed by atoms with Crippen molar-refractivity contribution in [3.8, 4) is 10.4 Å². The number of rotatable bonds is 5. The lowest BCUT2D eigenvalue weighted by Crippen LogP contribution is -2.07. The number of benzene rings is 3. The number of ketones is 1. The van der Waals surface area contributed by atoms with E-state index in [2.05, 4.69) is 43.3 Å². The van der Waals surface area contributed by atoms with E-state index in [-0.39, 0.29) is 5.78 Å². The number of anilines is 1. The number of nitrogens with two attached hydrogens (primary N) is 1. The van der Waals surface area contributed by atoms with E-state index >= 15 is 0 Å². The maximum absolute atomic E-state index is 13.4. The Hall–Kier alpha value is -2.88. The molecule has 0 fully saturated rings. The number of carbonyl (C=O) groups is 1. The van der Waals surface area contributed by atoms with Gasteiger partial charge in [-0.3, -0.25) is 4.79 Å². The predicted octanol–water partition coefficient (Wildman–Crippen LogP) is 6.78. The molecule has 2 nitrogen and oxygen atoms in total. The van der Waals surface area contributed by atoms with Crippen LogP contribution in [0.25, 0.3) is 10.4 Å². The average molecular weight is 418 g/mol. The molecule has 0 radical (unpaired) electrons. The summed E-state index contributed by atoms with van der Waals surface area (Å²) in [6.45, 7) is 2.07. The van der Waals surface area contributed by atoms with E-state index in [1.165, 1.54) is 16.9 Å². The second-order valence-corrected chi connectivity index (χ2v) is 8.50. The van der Waals surface area contributed by atoms with Gasteiger partial charge in [0.05, 0.1) is 10.6 Å². The highest BCUT2D eigenvalue weighted by Gasteiger charge is 2.24. The molecular weight excluding hydrogens is 398 g/mol. The third kappa shape index (κ3) is 4.12. The molecule has 1 heterocycles. The van der Waals surface area contributed by atoms with Gasteiger partial charge in [0.2, 0.25) is 0 Å². The quantitative estimate of drug-likeness (QED) is 0.363. The first kappa shape index (κ1) is 19.4. The summed E-state index contributed by atoms with van der Waals surface area (Å²) < 4.78 is 0. The number of aryl methyl sites for hydroxylation is 1. The topological polar surface area (TPSA) is 43.1 Å². The molecule has 0 aliphatic rings. The first-order valence-electron chi connectivity index (χ1n) is 9.35. The van der Waals surface area contributed by atoms with Gasteiger partial charge in [0, 0.05) is 15.5 Å². The molecule has 0 aliphatic carbocycles. The molecule has 0 amide bonds. The fourth-order valence-corrected chi connectivity index (χ4v) is 4.60. The third-order valence-corrected chi connectivity index (χ3v) is 6.27. The number of hydrogen-bond donors (Lipinski definition) is 1. The molecule has 0 bridgehead atoms. The molecule has 4 aromatic rings. The average Bonchev–Trinajstić information content (AvgIpc) is 3.06. The van der Waals surface area contributed by atoms with Gasteiger partial charge >= 0.3 is 0 Å². The maximum Gasteiger partial charge on any atom is 0.196 e. The third-order valence-electron chi connectivity index (χ3n) is 4.91. The molecule has 4 rings (SSSR count). The zero-order valence-electron chi connectivity index (χ0n) is 16.0. The smallest absolute Gasteiger partial charge is 0.196 e. The zero-order valence-corrected chi connectivity index (χ0v) is 17.6. The van der Waals surface area contributed by atoms with E-state index in [1.807, 2.05) is 18.2 Å². The Morgan fingerprint density at radius 2 is 1.59 bits per heavy atom. The molecule has 1 aromatic heterocycles. The van der Waals surface area contributed by atoms with Gasteiger partial charge in [-0.05, 0) is 54.3 Å². The summed E-state index contributed by atoms with van der Waals surface area (Å²) in [6.07, 6.45) is 0.646. The highest BCUT2D eigenvalue weighted by molar-refractivity contribution is 7.20. The Labute approximate surface area is 179 Å². The molecular formula is C25H20ClNOS. The minimum Gasteiger partial charge on any atom is -0.390 e. The minimum atomic E-state index is -0.0697. The van der Waals surface area contributed by atoms with E-state index in [4.69, 9.17) is 17.3 Å². The van der Waals surface area contributed by atoms with Crippen LogP contribution in [0.15, 0.2) is 78.9 Å². The van der Waals surface area contributed by atoms with Crippen LogP contribution in [0, 0.1) is 6.92 Å². The van der Waals surface area contributed by atoms with Crippen molar-refractivity contribution >= 4 is 33.7 Å². The van der Waals surface area contributed by atoms with Gasteiger partial charge in [-0.1, -0.05) is 71.8 Å². The summed E-state index contributed by atoms with van der Waals surface area (Å²) in [4.78, 5) is 14.4. The molecule has 29 heavy (non-hydrogen) atoms. The van der Waals surface area contributed by atoms with Gasteiger partial charge in [-0.2, -0.15) is 0 Å². The summed E-state index contributed by atoms with van der Waals surface area (Å²) >= 11 is 7.47. The van der Waals surface area contributed by atoms with Crippen LogP contribution in [0.4, 0.5) is 5.00 Å². The van der Waals surface area contributed by atoms with Crippen LogP contribution in [-0.4, -0.2) is 5.78 Å². The molecule has 4 heteroatoms. The summed E-state index contributed by atoms with van der Waals surface area (Å²) in [5, 5.41) is 1.15. The summed E-state index contributed by atoms with van der Waals surface area (Å²) in [5.41, 5.74) is 12.0. The van der Waals surface area contributed by atoms with Gasteiger partial charge in [0.1, 0.15) is 0 Å². The molecule has 0 saturated carbocycles. The normalized spacial score (nSPS) is 10.8. The lowest BCUT2D eigenvalue weighted by molar-refractivity contribution is 0.103. The Morgan fingerprint density at radius 3 is 2.24 bits per heavy atom. The van der Waals surface area contributed by atoms with E-state index in [9.17, 15) is 4.79 Å². The number of carbonyl (C=O) groups excluding carboxylic acids is 1. The molecule has 0 saturated heterocycles. The van der Waals surface area contributed by atoms with Crippen LogP contribution >= 0.6 is 22.9 Å². The maximum atomic E-state index is 13.4. The molecule has 2 N–H and O–H groups in total. The van der Waals surface area contributed by atoms with Gasteiger partial charge in [-0.15, -0.1) is 11.3 Å². The predicted molar refractivity (Wildman–Crippen MR) is 123 cm³/mol. The van der Waals surface area contributed by atoms with Crippen molar-refractivity contribution in [2.75, 3.05) is 5.73 Å². The van der Waals surface area contributed by atoms with Gasteiger partial charge in [-0.25, -0.2) is 0 Å². The standard InChI is InChI=1S/C25H20ClNOS/c1-16-7-9-17(10-8-16)15-21-22(23(28)18-11-13-20(26)14-12-18)25(27)29-24(21)19-5-3-2-4-6-19/h2-14H,15,27H2,1H3. The van der Waals surface area contributed by atoms with Gasteiger partial charge < -0.3 is 5.73 Å². The Balaban J connectivity index is 1.85. The first-order valence-corrected chi connectivity index (χ1v) is 10.5. The van der Waals surface area contributed by atoms with E-state index in [0.29, 0.717) is 27.6 Å². The summed E-state index contributed by atoms with van der Waals surface area (Å²) in [6, 6.07) is 25.5. The largest absolute Gasteiger partial charge is 0.390 e. The Bertz CT molecular complexity index is 1150. The van der Waals surface area contributed by atoms with Crippen molar-refractivity contribution in [2.24, 2.45) is 0 Å². The van der Waals surface area contributed by atoms with Crippen molar-refractivity contribution in [1.82, 2.24) is 0 Å². The van der Waals surface area contributed by atoms with Crippen LogP contribution in [0.1, 0.15) is 32.6 Å². The zero-order chi connectivity index (χ0) is 20.4. The van der Waals surface area contributed by atoms with Crippen LogP contribution in [0.3, 0.4) is 0 Å². The fourth-order valence-electron chi connectivity index (χ4n) is 3.38. The molecule has 0 spiro atoms. The number of hydrogen-bond acceptors (Lipinski definition) is 3. The highest BCUT2D eigenvalue weighted by Crippen LogP contribution is 2.41. The number of halogens is 1. The SMILES string of the molecule is Cc1ccc(Cc2c(-c3ccccc3)sc(N)c2C(=O)c2ccc(Cl)cc2)cc1. The second kappa shape index (κ2) is 8.24. The summed E-state index contributed by atoms with van der Waals surface area (Å²) in [7, 11) is 0. The van der Waals surface area contributed by atoms with Crippen LogP contribution in [0.5, 0.6) is 0 Å². The van der Waals surface area contributed by atoms with Crippen LogP contribution < -0.4 is 5.73 Å². The lowest BCUT2D eigenvalue weighted by Gasteiger charge is -2.09. The lowest BCUT2D eigenvalue weighted by atomic mass is 9.93. The van der Waals surface area contributed by atoms with Gasteiger partial charge in [0.25, 0.3) is 0 Å². The van der Waals surface area contributed by atoms with E-state index < -0.39 is 0 Å². The summed E-state index contributed by atoms with van der Waals surface area (Å²) in [5.74, 6) is -0.0697. The number of nitrogen functional groups attached to an aromatic ring is 1. The van der Waals surface area contributed by atoms with Gasteiger partial charge in [0.15, 0.2) is 5.78 Å². The number of thiophene rings is 1. The van der Waals surface area contributed by atoms with Crippen LogP contribution in [0.2, 0.25) is 5.02 Å². The van der Waals surface area contributed by atoms with Crippen molar-refractivity contribution in [1.29, 1.82) is 0 Å². The van der Waals surface area contributed by atoms with Crippen molar-refractivity contribution in [3.05, 3.63) is 112 Å². The van der Waals surface area contributed by atoms with Crippen molar-refractivity contribution in [3.63, 3.8) is 0 Å². The fraction of sp³-hybridized carbons (Fsp3) is 0.0800. The first-order chi connectivity index (χ1) is 14.0. The molecule has 0 aliphatic heterocycles. The highest BCUT2D eigenvalue weighted by atomic mass is 35.5. The second-order valence-electron chi connectivity index (χ2n) is 7.01. The van der Waals surface area contributed by atoms with Crippen LogP contribution in [-0.2, 0) is 6.42 Å². The molecule has 0 unspecified atom stereocenters. The monoisotopic (exact) mass is 417 g/mol. The molecule has 3 aromatic carbocycles.